The monoisotopic (exact) mass is 460 g/mol. The standard InChI is InChI=1S/C22H20N8O4/c23-13-6-12(7-24-8-13)17-10-29(28-27-17)11-20(32)25-16-3-1-2-14-15(16)9-30(22(14)34)18-4-5-19(31)26-21(18)33/h1-3,6-8,10,18H,4-5,9,11,23H2,(H,25,32)(H,26,31,33). The highest BCUT2D eigenvalue weighted by molar-refractivity contribution is 6.06. The van der Waals surface area contributed by atoms with Crippen LogP contribution in [0.25, 0.3) is 11.3 Å². The molecule has 1 saturated heterocycles. The summed E-state index contributed by atoms with van der Waals surface area (Å²) in [7, 11) is 0. The topological polar surface area (TPSA) is 165 Å². The smallest absolute Gasteiger partial charge is 0.255 e. The number of nitrogens with one attached hydrogen (secondary N) is 2. The zero-order valence-corrected chi connectivity index (χ0v) is 17.9. The van der Waals surface area contributed by atoms with E-state index in [1.165, 1.54) is 15.8 Å². The zero-order valence-electron chi connectivity index (χ0n) is 17.9. The van der Waals surface area contributed by atoms with Crippen molar-refractivity contribution in [3.8, 4) is 11.3 Å². The van der Waals surface area contributed by atoms with Crippen LogP contribution in [0.4, 0.5) is 11.4 Å². The summed E-state index contributed by atoms with van der Waals surface area (Å²) < 4.78 is 1.39. The van der Waals surface area contributed by atoms with Gasteiger partial charge in [-0.3, -0.25) is 29.5 Å². The molecule has 1 aromatic carbocycles. The minimum Gasteiger partial charge on any atom is -0.397 e. The molecule has 0 radical (unpaired) electrons. The second-order valence-corrected chi connectivity index (χ2v) is 8.09. The van der Waals surface area contributed by atoms with Crippen LogP contribution in [0.15, 0.2) is 42.9 Å². The lowest BCUT2D eigenvalue weighted by Gasteiger charge is -2.29. The van der Waals surface area contributed by atoms with Crippen molar-refractivity contribution >= 4 is 35.0 Å². The molecule has 12 nitrogen and oxygen atoms in total. The first kappa shape index (κ1) is 21.2. The number of rotatable bonds is 5. The summed E-state index contributed by atoms with van der Waals surface area (Å²) >= 11 is 0. The molecule has 0 bridgehead atoms. The van der Waals surface area contributed by atoms with Crippen LogP contribution in [-0.4, -0.2) is 54.5 Å². The average molecular weight is 460 g/mol. The van der Waals surface area contributed by atoms with Crippen molar-refractivity contribution in [2.75, 3.05) is 11.1 Å². The molecule has 172 valence electrons. The number of benzene rings is 1. The van der Waals surface area contributed by atoms with Gasteiger partial charge in [0.05, 0.1) is 11.9 Å². The van der Waals surface area contributed by atoms with Crippen molar-refractivity contribution in [3.63, 3.8) is 0 Å². The van der Waals surface area contributed by atoms with E-state index in [4.69, 9.17) is 5.73 Å². The Morgan fingerprint density at radius 3 is 2.88 bits per heavy atom. The first-order valence-electron chi connectivity index (χ1n) is 10.6. The number of amides is 4. The number of hydrogen-bond donors (Lipinski definition) is 3. The van der Waals surface area contributed by atoms with Gasteiger partial charge in [0.1, 0.15) is 18.3 Å². The number of anilines is 2. The number of nitrogen functional groups attached to an aromatic ring is 1. The van der Waals surface area contributed by atoms with Gasteiger partial charge in [-0.2, -0.15) is 0 Å². The van der Waals surface area contributed by atoms with Gasteiger partial charge in [-0.05, 0) is 24.6 Å². The van der Waals surface area contributed by atoms with Gasteiger partial charge in [0, 0.05) is 47.7 Å². The van der Waals surface area contributed by atoms with E-state index < -0.39 is 11.9 Å². The first-order chi connectivity index (χ1) is 16.4. The Hall–Kier alpha value is -4.61. The van der Waals surface area contributed by atoms with E-state index in [0.717, 1.165) is 0 Å². The number of imide groups is 1. The van der Waals surface area contributed by atoms with Gasteiger partial charge in [0.25, 0.3) is 5.91 Å². The van der Waals surface area contributed by atoms with Crippen molar-refractivity contribution in [2.45, 2.75) is 32.0 Å². The quantitative estimate of drug-likeness (QED) is 0.458. The molecule has 12 heteroatoms. The van der Waals surface area contributed by atoms with Crippen molar-refractivity contribution in [1.82, 2.24) is 30.2 Å². The van der Waals surface area contributed by atoms with Gasteiger partial charge < -0.3 is 16.0 Å². The van der Waals surface area contributed by atoms with Gasteiger partial charge in [-0.1, -0.05) is 11.3 Å². The zero-order chi connectivity index (χ0) is 23.8. The van der Waals surface area contributed by atoms with E-state index >= 15 is 0 Å². The lowest BCUT2D eigenvalue weighted by Crippen LogP contribution is -2.52. The van der Waals surface area contributed by atoms with Crippen LogP contribution in [0.2, 0.25) is 0 Å². The number of pyridine rings is 1. The van der Waals surface area contributed by atoms with Crippen LogP contribution in [0.1, 0.15) is 28.8 Å². The number of nitrogens with two attached hydrogens (primary N) is 1. The second-order valence-electron chi connectivity index (χ2n) is 8.09. The number of hydrogen-bond acceptors (Lipinski definition) is 8. The molecule has 4 amide bonds. The maximum Gasteiger partial charge on any atom is 0.255 e. The molecule has 34 heavy (non-hydrogen) atoms. The normalized spacial score (nSPS) is 17.5. The Morgan fingerprint density at radius 2 is 2.09 bits per heavy atom. The molecule has 0 aliphatic carbocycles. The van der Waals surface area contributed by atoms with Crippen LogP contribution >= 0.6 is 0 Å². The third-order valence-electron chi connectivity index (χ3n) is 5.76. The second kappa shape index (κ2) is 8.39. The molecule has 1 atom stereocenters. The van der Waals surface area contributed by atoms with Crippen LogP contribution in [0, 0.1) is 0 Å². The van der Waals surface area contributed by atoms with Gasteiger partial charge in [0.15, 0.2) is 0 Å². The predicted molar refractivity (Wildman–Crippen MR) is 119 cm³/mol. The summed E-state index contributed by atoms with van der Waals surface area (Å²) in [4.78, 5) is 54.8. The number of carbonyl (C=O) groups is 4. The minimum atomic E-state index is -0.726. The maximum atomic E-state index is 12.9. The number of nitrogens with zero attached hydrogens (tertiary/aromatic N) is 5. The number of fused-ring (bicyclic) bond motifs is 1. The summed E-state index contributed by atoms with van der Waals surface area (Å²) in [6.45, 7) is 0.0595. The number of aromatic nitrogens is 4. The lowest BCUT2D eigenvalue weighted by atomic mass is 10.0. The SMILES string of the molecule is Nc1cncc(-c2cn(CC(=O)Nc3cccc4c3CN(C3CCC(=O)NC3=O)C4=O)nn2)c1. The fourth-order valence-corrected chi connectivity index (χ4v) is 4.15. The van der Waals surface area contributed by atoms with E-state index in [1.807, 2.05) is 0 Å². The molecule has 4 N–H and O–H groups in total. The Kier molecular flexibility index (Phi) is 5.24. The molecule has 0 spiro atoms. The summed E-state index contributed by atoms with van der Waals surface area (Å²) in [6.07, 6.45) is 5.17. The molecule has 2 aromatic heterocycles. The Labute approximate surface area is 193 Å². The van der Waals surface area contributed by atoms with Gasteiger partial charge >= 0.3 is 0 Å². The number of piperidine rings is 1. The van der Waals surface area contributed by atoms with Gasteiger partial charge in [-0.15, -0.1) is 5.10 Å². The molecule has 2 aliphatic rings. The van der Waals surface area contributed by atoms with Crippen LogP contribution in [0.5, 0.6) is 0 Å². The summed E-state index contributed by atoms with van der Waals surface area (Å²) in [5, 5.41) is 13.1. The van der Waals surface area contributed by atoms with Gasteiger partial charge in [0.2, 0.25) is 17.7 Å². The Bertz CT molecular complexity index is 1330. The molecule has 1 fully saturated rings. The molecule has 1 unspecified atom stereocenters. The Balaban J connectivity index is 1.29. The van der Waals surface area contributed by atoms with E-state index in [9.17, 15) is 19.2 Å². The van der Waals surface area contributed by atoms with E-state index in [1.54, 1.807) is 36.7 Å². The summed E-state index contributed by atoms with van der Waals surface area (Å²) in [5.41, 5.74) is 8.96. The highest BCUT2D eigenvalue weighted by Crippen LogP contribution is 2.32. The number of carbonyl (C=O) groups excluding carboxylic acids is 4. The molecule has 3 aromatic rings. The fourth-order valence-electron chi connectivity index (χ4n) is 4.15. The molecule has 4 heterocycles. The first-order valence-corrected chi connectivity index (χ1v) is 10.6. The molecule has 2 aliphatic heterocycles. The molecular weight excluding hydrogens is 440 g/mol. The highest BCUT2D eigenvalue weighted by atomic mass is 16.2. The third-order valence-corrected chi connectivity index (χ3v) is 5.76. The predicted octanol–water partition coefficient (Wildman–Crippen LogP) is 0.322. The fraction of sp³-hybridized carbons (Fsp3) is 0.227. The summed E-state index contributed by atoms with van der Waals surface area (Å²) in [6, 6.07) is 6.00. The average Bonchev–Trinajstić information content (AvgIpc) is 3.39. The minimum absolute atomic E-state index is 0.1000. The molecular formula is C22H20N8O4. The third kappa shape index (κ3) is 3.96. The van der Waals surface area contributed by atoms with Gasteiger partial charge in [-0.25, -0.2) is 4.68 Å². The van der Waals surface area contributed by atoms with Crippen molar-refractivity contribution in [1.29, 1.82) is 0 Å². The lowest BCUT2D eigenvalue weighted by molar-refractivity contribution is -0.137. The van der Waals surface area contributed by atoms with Crippen molar-refractivity contribution in [2.24, 2.45) is 0 Å². The van der Waals surface area contributed by atoms with Crippen LogP contribution in [-0.2, 0) is 27.5 Å². The molecule has 0 saturated carbocycles. The molecule has 5 rings (SSSR count). The largest absolute Gasteiger partial charge is 0.397 e. The maximum absolute atomic E-state index is 12.9. The van der Waals surface area contributed by atoms with Crippen LogP contribution in [0.3, 0.4) is 0 Å². The Morgan fingerprint density at radius 1 is 1.24 bits per heavy atom. The van der Waals surface area contributed by atoms with E-state index in [-0.39, 0.29) is 43.7 Å². The van der Waals surface area contributed by atoms with Crippen molar-refractivity contribution in [3.05, 3.63) is 54.0 Å². The highest BCUT2D eigenvalue weighted by Gasteiger charge is 2.39. The van der Waals surface area contributed by atoms with E-state index in [2.05, 4.69) is 25.9 Å². The van der Waals surface area contributed by atoms with E-state index in [0.29, 0.717) is 33.8 Å². The summed E-state index contributed by atoms with van der Waals surface area (Å²) in [5.74, 6) is -1.50. The van der Waals surface area contributed by atoms with Crippen LogP contribution < -0.4 is 16.4 Å². The van der Waals surface area contributed by atoms with Crippen molar-refractivity contribution < 1.29 is 19.2 Å².